The Morgan fingerprint density at radius 3 is 2.68 bits per heavy atom. The summed E-state index contributed by atoms with van der Waals surface area (Å²) >= 11 is 1.95. The fraction of sp³-hybridized carbons (Fsp3) is 0.538. The highest BCUT2D eigenvalue weighted by Crippen LogP contribution is 2.29. The molecular formula is C13H20N2O2S2. The number of benzene rings is 1. The van der Waals surface area contributed by atoms with Crippen molar-refractivity contribution in [2.24, 2.45) is 0 Å². The summed E-state index contributed by atoms with van der Waals surface area (Å²) in [7, 11) is -1.96. The summed E-state index contributed by atoms with van der Waals surface area (Å²) < 4.78 is 26.2. The van der Waals surface area contributed by atoms with Crippen LogP contribution in [0.5, 0.6) is 0 Å². The van der Waals surface area contributed by atoms with Gasteiger partial charge in [-0.1, -0.05) is 13.0 Å². The first-order chi connectivity index (χ1) is 8.92. The van der Waals surface area contributed by atoms with E-state index in [2.05, 4.69) is 17.0 Å². The number of sulfonamides is 1. The average Bonchev–Trinajstić information content (AvgIpc) is 2.77. The van der Waals surface area contributed by atoms with Gasteiger partial charge in [0.15, 0.2) is 0 Å². The van der Waals surface area contributed by atoms with Crippen molar-refractivity contribution >= 4 is 27.5 Å². The molecule has 1 saturated heterocycles. The summed E-state index contributed by atoms with van der Waals surface area (Å²) in [4.78, 5) is 0.346. The van der Waals surface area contributed by atoms with Crippen LogP contribution in [0.2, 0.25) is 0 Å². The number of nitrogens with one attached hydrogen (secondary N) is 2. The molecule has 2 N–H and O–H groups in total. The second-order valence-electron chi connectivity index (χ2n) is 4.91. The standard InChI is InChI=1S/C13H20N2O2S2/c1-9-4-5-11(7-13(9)19(16,17)14-3)15-12-6-10(2)18-8-12/h4-5,7,10,12,14-15H,6,8H2,1-3H3. The molecule has 6 heteroatoms. The largest absolute Gasteiger partial charge is 0.381 e. The summed E-state index contributed by atoms with van der Waals surface area (Å²) in [5, 5.41) is 4.09. The maximum Gasteiger partial charge on any atom is 0.240 e. The van der Waals surface area contributed by atoms with Crippen LogP contribution in [-0.4, -0.2) is 32.5 Å². The fourth-order valence-electron chi connectivity index (χ4n) is 2.24. The molecular weight excluding hydrogens is 280 g/mol. The fourth-order valence-corrected chi connectivity index (χ4v) is 4.39. The number of hydrogen-bond acceptors (Lipinski definition) is 4. The smallest absolute Gasteiger partial charge is 0.240 e. The van der Waals surface area contributed by atoms with Crippen LogP contribution in [0.3, 0.4) is 0 Å². The minimum absolute atomic E-state index is 0.346. The molecule has 1 aromatic rings. The summed E-state index contributed by atoms with van der Waals surface area (Å²) in [6.07, 6.45) is 1.12. The SMILES string of the molecule is CNS(=O)(=O)c1cc(NC2CSC(C)C2)ccc1C. The molecule has 106 valence electrons. The summed E-state index contributed by atoms with van der Waals surface area (Å²) in [6.45, 7) is 4.03. The molecule has 0 bridgehead atoms. The first kappa shape index (κ1) is 14.7. The van der Waals surface area contributed by atoms with E-state index in [0.29, 0.717) is 16.2 Å². The van der Waals surface area contributed by atoms with Gasteiger partial charge in [0.05, 0.1) is 4.90 Å². The Morgan fingerprint density at radius 2 is 2.11 bits per heavy atom. The topological polar surface area (TPSA) is 58.2 Å². The average molecular weight is 300 g/mol. The van der Waals surface area contributed by atoms with E-state index in [9.17, 15) is 8.42 Å². The van der Waals surface area contributed by atoms with E-state index in [1.54, 1.807) is 6.07 Å². The lowest BCUT2D eigenvalue weighted by Crippen LogP contribution is -2.21. The molecule has 0 radical (unpaired) electrons. The van der Waals surface area contributed by atoms with Gasteiger partial charge in [-0.15, -0.1) is 0 Å². The Balaban J connectivity index is 2.22. The second-order valence-corrected chi connectivity index (χ2v) is 8.24. The van der Waals surface area contributed by atoms with Gasteiger partial charge in [-0.05, 0) is 38.1 Å². The van der Waals surface area contributed by atoms with Gasteiger partial charge in [-0.3, -0.25) is 0 Å². The zero-order valence-corrected chi connectivity index (χ0v) is 13.1. The van der Waals surface area contributed by atoms with Gasteiger partial charge in [-0.2, -0.15) is 11.8 Å². The summed E-state index contributed by atoms with van der Waals surface area (Å²) in [5.41, 5.74) is 1.63. The van der Waals surface area contributed by atoms with Gasteiger partial charge in [0.2, 0.25) is 10.0 Å². The lowest BCUT2D eigenvalue weighted by molar-refractivity contribution is 0.587. The molecule has 1 heterocycles. The number of thioether (sulfide) groups is 1. The van der Waals surface area contributed by atoms with Crippen molar-refractivity contribution in [1.82, 2.24) is 4.72 Å². The van der Waals surface area contributed by atoms with Crippen molar-refractivity contribution in [3.05, 3.63) is 23.8 Å². The number of rotatable bonds is 4. The monoisotopic (exact) mass is 300 g/mol. The van der Waals surface area contributed by atoms with Crippen LogP contribution in [0, 0.1) is 6.92 Å². The maximum atomic E-state index is 11.9. The van der Waals surface area contributed by atoms with E-state index in [4.69, 9.17) is 0 Å². The number of aryl methyl sites for hydroxylation is 1. The van der Waals surface area contributed by atoms with Crippen molar-refractivity contribution < 1.29 is 8.42 Å². The van der Waals surface area contributed by atoms with Crippen molar-refractivity contribution in [3.63, 3.8) is 0 Å². The van der Waals surface area contributed by atoms with E-state index < -0.39 is 10.0 Å². The first-order valence-electron chi connectivity index (χ1n) is 6.34. The van der Waals surface area contributed by atoms with E-state index in [1.807, 2.05) is 30.8 Å². The van der Waals surface area contributed by atoms with Crippen LogP contribution >= 0.6 is 11.8 Å². The highest BCUT2D eigenvalue weighted by atomic mass is 32.2. The van der Waals surface area contributed by atoms with E-state index in [-0.39, 0.29) is 0 Å². The molecule has 0 amide bonds. The van der Waals surface area contributed by atoms with E-state index in [1.165, 1.54) is 7.05 Å². The van der Waals surface area contributed by atoms with E-state index in [0.717, 1.165) is 23.4 Å². The predicted octanol–water partition coefficient (Wildman–Crippen LogP) is 2.21. The quantitative estimate of drug-likeness (QED) is 0.895. The van der Waals surface area contributed by atoms with Gasteiger partial charge in [0, 0.05) is 22.7 Å². The van der Waals surface area contributed by atoms with Crippen molar-refractivity contribution in [1.29, 1.82) is 0 Å². The number of hydrogen-bond donors (Lipinski definition) is 2. The van der Waals surface area contributed by atoms with Crippen LogP contribution in [-0.2, 0) is 10.0 Å². The van der Waals surface area contributed by atoms with Crippen LogP contribution in [0.4, 0.5) is 5.69 Å². The summed E-state index contributed by atoms with van der Waals surface area (Å²) in [5.74, 6) is 1.07. The van der Waals surface area contributed by atoms with Gasteiger partial charge >= 0.3 is 0 Å². The van der Waals surface area contributed by atoms with Gasteiger partial charge < -0.3 is 5.32 Å². The zero-order valence-electron chi connectivity index (χ0n) is 11.4. The van der Waals surface area contributed by atoms with Crippen LogP contribution in [0.1, 0.15) is 18.9 Å². The molecule has 19 heavy (non-hydrogen) atoms. The molecule has 1 fully saturated rings. The lowest BCUT2D eigenvalue weighted by atomic mass is 10.1. The van der Waals surface area contributed by atoms with Crippen LogP contribution < -0.4 is 10.0 Å². The highest BCUT2D eigenvalue weighted by molar-refractivity contribution is 8.00. The molecule has 0 aliphatic carbocycles. The Labute approximate surface area is 119 Å². The molecule has 0 spiro atoms. The third-order valence-corrected chi connectivity index (χ3v) is 6.23. The highest BCUT2D eigenvalue weighted by Gasteiger charge is 2.22. The van der Waals surface area contributed by atoms with Crippen LogP contribution in [0.25, 0.3) is 0 Å². The van der Waals surface area contributed by atoms with Gasteiger partial charge in [0.25, 0.3) is 0 Å². The molecule has 2 atom stereocenters. The zero-order chi connectivity index (χ0) is 14.0. The van der Waals surface area contributed by atoms with Gasteiger partial charge in [0.1, 0.15) is 0 Å². The molecule has 2 rings (SSSR count). The van der Waals surface area contributed by atoms with Crippen molar-refractivity contribution in [2.45, 2.75) is 36.5 Å². The molecule has 4 nitrogen and oxygen atoms in total. The molecule has 0 saturated carbocycles. The molecule has 2 unspecified atom stereocenters. The third kappa shape index (κ3) is 3.43. The summed E-state index contributed by atoms with van der Waals surface area (Å²) in [6, 6.07) is 5.93. The minimum Gasteiger partial charge on any atom is -0.381 e. The van der Waals surface area contributed by atoms with Crippen molar-refractivity contribution in [2.75, 3.05) is 18.1 Å². The third-order valence-electron chi connectivity index (χ3n) is 3.32. The minimum atomic E-state index is -3.39. The molecule has 0 aromatic heterocycles. The molecule has 1 aliphatic heterocycles. The second kappa shape index (κ2) is 5.73. The Bertz CT molecular complexity index is 558. The molecule has 1 aromatic carbocycles. The lowest BCUT2D eigenvalue weighted by Gasteiger charge is -2.15. The van der Waals surface area contributed by atoms with Crippen molar-refractivity contribution in [3.8, 4) is 0 Å². The van der Waals surface area contributed by atoms with Gasteiger partial charge in [-0.25, -0.2) is 13.1 Å². The molecule has 1 aliphatic rings. The Morgan fingerprint density at radius 1 is 1.37 bits per heavy atom. The predicted molar refractivity (Wildman–Crippen MR) is 81.4 cm³/mol. The Hall–Kier alpha value is -0.720. The number of anilines is 1. The Kier molecular flexibility index (Phi) is 4.43. The normalized spacial score (nSPS) is 23.5. The maximum absolute atomic E-state index is 11.9. The first-order valence-corrected chi connectivity index (χ1v) is 8.88. The van der Waals surface area contributed by atoms with Crippen LogP contribution in [0.15, 0.2) is 23.1 Å². The van der Waals surface area contributed by atoms with E-state index >= 15 is 0 Å².